The van der Waals surface area contributed by atoms with Crippen LogP contribution in [0.3, 0.4) is 0 Å². The lowest BCUT2D eigenvalue weighted by Gasteiger charge is -2.46. The van der Waals surface area contributed by atoms with Gasteiger partial charge in [-0.1, -0.05) is 23.7 Å². The molecule has 7 nitrogen and oxygen atoms in total. The maximum atomic E-state index is 14.3. The number of pyridine rings is 1. The number of hydrogen-bond acceptors (Lipinski definition) is 6. The van der Waals surface area contributed by atoms with Gasteiger partial charge in [-0.05, 0) is 47.9 Å². The fraction of sp³-hybridized carbons (Fsp3) is 0.269. The molecule has 1 aromatic heterocycles. The maximum Gasteiger partial charge on any atom is 0.408 e. The monoisotopic (exact) mass is 581 g/mol. The van der Waals surface area contributed by atoms with E-state index >= 15 is 0 Å². The van der Waals surface area contributed by atoms with E-state index in [0.29, 0.717) is 31.7 Å². The number of nitrogens with zero attached hydrogens (tertiary/aromatic N) is 3. The van der Waals surface area contributed by atoms with Crippen molar-refractivity contribution in [1.82, 2.24) is 9.58 Å². The Bertz CT molecular complexity index is 1560. The van der Waals surface area contributed by atoms with E-state index in [1.165, 1.54) is 45.8 Å². The second kappa shape index (κ2) is 9.91. The highest BCUT2D eigenvalue weighted by atomic mass is 35.5. The van der Waals surface area contributed by atoms with Crippen molar-refractivity contribution >= 4 is 35.2 Å². The highest BCUT2D eigenvalue weighted by Crippen LogP contribution is 2.44. The summed E-state index contributed by atoms with van der Waals surface area (Å²) in [6.07, 6.45) is -3.56. The van der Waals surface area contributed by atoms with Gasteiger partial charge in [-0.15, -0.1) is 11.8 Å². The van der Waals surface area contributed by atoms with E-state index in [0.717, 1.165) is 25.5 Å². The van der Waals surface area contributed by atoms with E-state index in [9.17, 15) is 31.9 Å². The van der Waals surface area contributed by atoms with Crippen LogP contribution in [0.25, 0.3) is 0 Å². The van der Waals surface area contributed by atoms with E-state index in [-0.39, 0.29) is 0 Å². The quantitative estimate of drug-likeness (QED) is 0.310. The first kappa shape index (κ1) is 27.1. The summed E-state index contributed by atoms with van der Waals surface area (Å²) in [5.41, 5.74) is 0.571. The summed E-state index contributed by atoms with van der Waals surface area (Å²) in [6, 6.07) is 7.16. The zero-order valence-electron chi connectivity index (χ0n) is 20.5. The molecule has 5 rings (SSSR count). The molecule has 0 N–H and O–H groups in total. The summed E-state index contributed by atoms with van der Waals surface area (Å²) in [7, 11) is 0. The van der Waals surface area contributed by atoms with E-state index in [1.807, 2.05) is 0 Å². The van der Waals surface area contributed by atoms with E-state index in [2.05, 4.69) is 0 Å². The molecule has 2 aliphatic heterocycles. The highest BCUT2D eigenvalue weighted by molar-refractivity contribution is 7.98. The van der Waals surface area contributed by atoms with E-state index in [4.69, 9.17) is 16.3 Å². The molecule has 3 aromatic rings. The number of halogens is 5. The number of fused-ring (bicyclic) bond motifs is 3. The van der Waals surface area contributed by atoms with Gasteiger partial charge in [0.15, 0.2) is 5.69 Å². The van der Waals surface area contributed by atoms with Gasteiger partial charge in [0.05, 0.1) is 6.04 Å². The van der Waals surface area contributed by atoms with Crippen molar-refractivity contribution in [2.45, 2.75) is 42.8 Å². The number of hydrogen-bond donors (Lipinski definition) is 0. The summed E-state index contributed by atoms with van der Waals surface area (Å²) in [5, 5.41) is 1.81. The number of esters is 1. The zero-order valence-corrected chi connectivity index (χ0v) is 22.0. The topological polar surface area (TPSA) is 71.8 Å². The molecular weight excluding hydrogens is 562 g/mol. The first-order valence-electron chi connectivity index (χ1n) is 11.7. The number of alkyl halides is 3. The van der Waals surface area contributed by atoms with Gasteiger partial charge in [-0.3, -0.25) is 24.1 Å². The molecule has 0 radical (unpaired) electrons. The average molecular weight is 582 g/mol. The zero-order chi connectivity index (χ0) is 28.2. The number of benzene rings is 2. The van der Waals surface area contributed by atoms with Crippen LogP contribution in [0.5, 0.6) is 5.75 Å². The fourth-order valence-corrected chi connectivity index (χ4v) is 6.02. The molecule has 1 amide bonds. The van der Waals surface area contributed by atoms with Gasteiger partial charge in [0.25, 0.3) is 5.91 Å². The van der Waals surface area contributed by atoms with E-state index < -0.39 is 59.5 Å². The Hall–Kier alpha value is -3.51. The SMILES string of the molecule is CC(=O)Oc1c2n(ccc1=O)N([C@H]1c3cc(Cl)ccc3CSc3cc(F)ccc31)CN([C@H](C)C(F)(F)F)C2=O. The minimum Gasteiger partial charge on any atom is -0.420 e. The van der Waals surface area contributed by atoms with Crippen molar-refractivity contribution in [2.75, 3.05) is 11.7 Å². The minimum atomic E-state index is -4.80. The Morgan fingerprint density at radius 3 is 2.56 bits per heavy atom. The van der Waals surface area contributed by atoms with Crippen molar-refractivity contribution in [3.63, 3.8) is 0 Å². The number of amides is 1. The third-order valence-electron chi connectivity index (χ3n) is 6.61. The second-order valence-electron chi connectivity index (χ2n) is 9.09. The molecular formula is C26H20ClF4N3O4S. The standard InChI is InChI=1S/C26H20ClF4N3O4S/c1-13(26(29,30)31)32-12-34(33-8-7-20(36)24(38-14(2)35)23(33)25(32)37)22-18-6-5-17(28)10-21(18)39-11-15-3-4-16(27)9-19(15)22/h3-10,13,22H,11-12H2,1-2H3/t13-,22-/m1/s1. The van der Waals surface area contributed by atoms with Crippen LogP contribution >= 0.6 is 23.4 Å². The molecule has 0 unspecified atom stereocenters. The van der Waals surface area contributed by atoms with Crippen molar-refractivity contribution in [2.24, 2.45) is 0 Å². The third-order valence-corrected chi connectivity index (χ3v) is 7.97. The lowest BCUT2D eigenvalue weighted by Crippen LogP contribution is -2.60. The van der Waals surface area contributed by atoms with Crippen LogP contribution in [-0.4, -0.2) is 40.3 Å². The minimum absolute atomic E-state index is 0.364. The highest BCUT2D eigenvalue weighted by Gasteiger charge is 2.48. The molecule has 2 aromatic carbocycles. The van der Waals surface area contributed by atoms with Crippen LogP contribution in [0, 0.1) is 5.82 Å². The number of aromatic nitrogens is 1. The van der Waals surface area contributed by atoms with Crippen LogP contribution in [-0.2, 0) is 10.5 Å². The van der Waals surface area contributed by atoms with Gasteiger partial charge in [-0.25, -0.2) is 4.39 Å². The molecule has 39 heavy (non-hydrogen) atoms. The predicted molar refractivity (Wildman–Crippen MR) is 136 cm³/mol. The number of carbonyl (C=O) groups excluding carboxylic acids is 2. The number of rotatable bonds is 3. The molecule has 0 saturated carbocycles. The molecule has 13 heteroatoms. The average Bonchev–Trinajstić information content (AvgIpc) is 3.01. The molecule has 3 heterocycles. The summed E-state index contributed by atoms with van der Waals surface area (Å²) in [4.78, 5) is 39.1. The Labute approximate surface area is 228 Å². The van der Waals surface area contributed by atoms with Gasteiger partial charge in [0, 0.05) is 34.9 Å². The normalized spacial score (nSPS) is 17.6. The van der Waals surface area contributed by atoms with Gasteiger partial charge in [0.2, 0.25) is 11.2 Å². The molecule has 2 atom stereocenters. The van der Waals surface area contributed by atoms with Crippen LogP contribution in [0.1, 0.15) is 47.1 Å². The molecule has 204 valence electrons. The number of carbonyl (C=O) groups is 2. The first-order valence-corrected chi connectivity index (χ1v) is 13.0. The Morgan fingerprint density at radius 1 is 1.13 bits per heavy atom. The second-order valence-corrected chi connectivity index (χ2v) is 10.5. The fourth-order valence-electron chi connectivity index (χ4n) is 4.72. The van der Waals surface area contributed by atoms with E-state index in [1.54, 1.807) is 18.2 Å². The van der Waals surface area contributed by atoms with Crippen molar-refractivity contribution in [3.05, 3.63) is 92.1 Å². The van der Waals surface area contributed by atoms with Gasteiger partial charge < -0.3 is 9.64 Å². The smallest absolute Gasteiger partial charge is 0.408 e. The van der Waals surface area contributed by atoms with Crippen molar-refractivity contribution in [1.29, 1.82) is 0 Å². The van der Waals surface area contributed by atoms with Crippen LogP contribution < -0.4 is 15.2 Å². The van der Waals surface area contributed by atoms with Crippen LogP contribution in [0.2, 0.25) is 5.02 Å². The van der Waals surface area contributed by atoms with Gasteiger partial charge in [0.1, 0.15) is 18.5 Å². The summed E-state index contributed by atoms with van der Waals surface area (Å²) in [5.74, 6) is -2.83. The largest absolute Gasteiger partial charge is 0.420 e. The molecule has 0 bridgehead atoms. The molecule has 0 saturated heterocycles. The lowest BCUT2D eigenvalue weighted by molar-refractivity contribution is -0.173. The van der Waals surface area contributed by atoms with Crippen molar-refractivity contribution < 1.29 is 31.9 Å². The Balaban J connectivity index is 1.82. The molecule has 0 aliphatic carbocycles. The lowest BCUT2D eigenvalue weighted by atomic mass is 9.94. The first-order chi connectivity index (χ1) is 18.4. The third kappa shape index (κ3) is 4.87. The van der Waals surface area contributed by atoms with Crippen LogP contribution in [0.4, 0.5) is 17.6 Å². The van der Waals surface area contributed by atoms with Crippen LogP contribution in [0.15, 0.2) is 58.4 Å². The molecule has 0 spiro atoms. The van der Waals surface area contributed by atoms with Crippen molar-refractivity contribution in [3.8, 4) is 5.75 Å². The van der Waals surface area contributed by atoms with Gasteiger partial charge >= 0.3 is 12.1 Å². The molecule has 0 fully saturated rings. The Kier molecular flexibility index (Phi) is 6.88. The summed E-state index contributed by atoms with van der Waals surface area (Å²) < 4.78 is 62.4. The number of ether oxygens (including phenoxy) is 1. The van der Waals surface area contributed by atoms with Gasteiger partial charge in [-0.2, -0.15) is 13.2 Å². The summed E-state index contributed by atoms with van der Waals surface area (Å²) >= 11 is 7.70. The number of thioether (sulfide) groups is 1. The summed E-state index contributed by atoms with van der Waals surface area (Å²) in [6.45, 7) is 1.28. The Morgan fingerprint density at radius 2 is 1.87 bits per heavy atom. The molecule has 2 aliphatic rings. The predicted octanol–water partition coefficient (Wildman–Crippen LogP) is 5.26. The maximum absolute atomic E-state index is 14.3.